The largest absolute Gasteiger partial charge is 0.395 e. The molecule has 1 aromatic rings. The van der Waals surface area contributed by atoms with Gasteiger partial charge in [-0.15, -0.1) is 0 Å². The van der Waals surface area contributed by atoms with Crippen LogP contribution in [0, 0.1) is 0 Å². The van der Waals surface area contributed by atoms with Crippen LogP contribution in [0.1, 0.15) is 37.8 Å². The van der Waals surface area contributed by atoms with Gasteiger partial charge in [0.1, 0.15) is 0 Å². The van der Waals surface area contributed by atoms with Gasteiger partial charge in [0.25, 0.3) is 0 Å². The summed E-state index contributed by atoms with van der Waals surface area (Å²) >= 11 is 0. The third-order valence-electron chi connectivity index (χ3n) is 3.61. The Morgan fingerprint density at radius 1 is 1.29 bits per heavy atom. The minimum atomic E-state index is 0.0177. The highest BCUT2D eigenvalue weighted by molar-refractivity contribution is 5.78. The second-order valence-electron chi connectivity index (χ2n) is 5.59. The van der Waals surface area contributed by atoms with E-state index in [1.54, 1.807) is 0 Å². The molecular weight excluding hydrogens is 264 g/mol. The first-order chi connectivity index (χ1) is 10.1. The molecule has 2 N–H and O–H groups in total. The van der Waals surface area contributed by atoms with Crippen LogP contribution in [-0.4, -0.2) is 48.7 Å². The van der Waals surface area contributed by atoms with E-state index >= 15 is 0 Å². The van der Waals surface area contributed by atoms with E-state index in [4.69, 9.17) is 5.11 Å². The molecule has 1 aromatic carbocycles. The summed E-state index contributed by atoms with van der Waals surface area (Å²) in [6, 6.07) is 8.57. The summed E-state index contributed by atoms with van der Waals surface area (Å²) in [5.74, 6) is 0.564. The summed E-state index contributed by atoms with van der Waals surface area (Å²) in [5.41, 5.74) is 2.58. The van der Waals surface area contributed by atoms with Crippen molar-refractivity contribution in [3.05, 3.63) is 35.4 Å². The highest BCUT2D eigenvalue weighted by Gasteiger charge is 2.07. The van der Waals surface area contributed by atoms with Crippen LogP contribution in [0.25, 0.3) is 0 Å². The number of amides is 1. The Morgan fingerprint density at radius 2 is 1.95 bits per heavy atom. The average molecular weight is 292 g/mol. The summed E-state index contributed by atoms with van der Waals surface area (Å²) in [6.07, 6.45) is 0.843. The average Bonchev–Trinajstić information content (AvgIpc) is 2.47. The van der Waals surface area contributed by atoms with Crippen molar-refractivity contribution >= 4 is 5.91 Å². The summed E-state index contributed by atoms with van der Waals surface area (Å²) in [6.45, 7) is 8.75. The topological polar surface area (TPSA) is 52.6 Å². The van der Waals surface area contributed by atoms with Gasteiger partial charge < -0.3 is 10.4 Å². The number of carbonyl (C=O) groups excluding carboxylic acids is 1. The SMILES string of the molecule is CCN(CCO)CC(=O)NCCc1ccc(C(C)C)cc1. The fourth-order valence-electron chi connectivity index (χ4n) is 2.16. The van der Waals surface area contributed by atoms with Gasteiger partial charge in [-0.2, -0.15) is 0 Å². The van der Waals surface area contributed by atoms with Crippen LogP contribution < -0.4 is 5.32 Å². The molecule has 4 nitrogen and oxygen atoms in total. The molecule has 0 bridgehead atoms. The number of rotatable bonds is 9. The molecule has 0 saturated heterocycles. The van der Waals surface area contributed by atoms with Crippen molar-refractivity contribution in [1.82, 2.24) is 10.2 Å². The molecule has 1 amide bonds. The number of aliphatic hydroxyl groups is 1. The lowest BCUT2D eigenvalue weighted by Gasteiger charge is -2.18. The summed E-state index contributed by atoms with van der Waals surface area (Å²) in [4.78, 5) is 13.7. The fourth-order valence-corrected chi connectivity index (χ4v) is 2.16. The van der Waals surface area contributed by atoms with Gasteiger partial charge in [0.15, 0.2) is 0 Å². The molecule has 4 heteroatoms. The molecule has 0 aliphatic carbocycles. The van der Waals surface area contributed by atoms with Gasteiger partial charge in [-0.25, -0.2) is 0 Å². The first kappa shape index (κ1) is 17.7. The van der Waals surface area contributed by atoms with Crippen LogP contribution in [0.15, 0.2) is 24.3 Å². The predicted octanol–water partition coefficient (Wildman–Crippen LogP) is 1.78. The van der Waals surface area contributed by atoms with Gasteiger partial charge in [-0.05, 0) is 30.0 Å². The zero-order chi connectivity index (χ0) is 15.7. The number of nitrogens with zero attached hydrogens (tertiary/aromatic N) is 1. The van der Waals surface area contributed by atoms with E-state index in [-0.39, 0.29) is 12.5 Å². The second-order valence-corrected chi connectivity index (χ2v) is 5.59. The number of benzene rings is 1. The fraction of sp³-hybridized carbons (Fsp3) is 0.588. The molecule has 0 aliphatic rings. The van der Waals surface area contributed by atoms with Crippen molar-refractivity contribution in [2.24, 2.45) is 0 Å². The number of likely N-dealkylation sites (N-methyl/N-ethyl adjacent to an activating group) is 1. The van der Waals surface area contributed by atoms with Crippen molar-refractivity contribution in [3.8, 4) is 0 Å². The molecule has 0 atom stereocenters. The van der Waals surface area contributed by atoms with Crippen LogP contribution in [0.5, 0.6) is 0 Å². The van der Waals surface area contributed by atoms with Crippen molar-refractivity contribution in [3.63, 3.8) is 0 Å². The van der Waals surface area contributed by atoms with Crippen molar-refractivity contribution < 1.29 is 9.90 Å². The molecular formula is C17H28N2O2. The second kappa shape index (κ2) is 9.53. The van der Waals surface area contributed by atoms with Crippen LogP contribution in [0.4, 0.5) is 0 Å². The summed E-state index contributed by atoms with van der Waals surface area (Å²) < 4.78 is 0. The highest BCUT2D eigenvalue weighted by atomic mass is 16.3. The van der Waals surface area contributed by atoms with Gasteiger partial charge in [0, 0.05) is 13.1 Å². The first-order valence-electron chi connectivity index (χ1n) is 7.75. The van der Waals surface area contributed by atoms with Gasteiger partial charge >= 0.3 is 0 Å². The molecule has 0 spiro atoms. The Labute approximate surface area is 128 Å². The molecule has 0 unspecified atom stereocenters. The van der Waals surface area contributed by atoms with E-state index in [0.29, 0.717) is 25.6 Å². The normalized spacial score (nSPS) is 11.1. The highest BCUT2D eigenvalue weighted by Crippen LogP contribution is 2.14. The first-order valence-corrected chi connectivity index (χ1v) is 7.75. The zero-order valence-electron chi connectivity index (χ0n) is 13.4. The zero-order valence-corrected chi connectivity index (χ0v) is 13.4. The van der Waals surface area contributed by atoms with Gasteiger partial charge in [0.05, 0.1) is 13.2 Å². The lowest BCUT2D eigenvalue weighted by molar-refractivity contribution is -0.122. The monoisotopic (exact) mass is 292 g/mol. The molecule has 0 saturated carbocycles. The van der Waals surface area contributed by atoms with E-state index in [9.17, 15) is 4.79 Å². The summed E-state index contributed by atoms with van der Waals surface area (Å²) in [7, 11) is 0. The van der Waals surface area contributed by atoms with Crippen molar-refractivity contribution in [2.75, 3.05) is 32.8 Å². The number of hydrogen-bond donors (Lipinski definition) is 2. The smallest absolute Gasteiger partial charge is 0.234 e. The number of aliphatic hydroxyl groups excluding tert-OH is 1. The van der Waals surface area contributed by atoms with Crippen molar-refractivity contribution in [1.29, 1.82) is 0 Å². The molecule has 21 heavy (non-hydrogen) atoms. The molecule has 0 aromatic heterocycles. The Kier molecular flexibility index (Phi) is 8.01. The number of nitrogens with one attached hydrogen (secondary N) is 1. The van der Waals surface area contributed by atoms with Gasteiger partial charge in [-0.3, -0.25) is 9.69 Å². The standard InChI is InChI=1S/C17H28N2O2/c1-4-19(11-12-20)13-17(21)18-10-9-15-5-7-16(8-6-15)14(2)3/h5-8,14,20H,4,9-13H2,1-3H3,(H,18,21). The van der Waals surface area contributed by atoms with E-state index in [0.717, 1.165) is 13.0 Å². The summed E-state index contributed by atoms with van der Waals surface area (Å²) in [5, 5.41) is 11.8. The number of carbonyl (C=O) groups is 1. The minimum absolute atomic E-state index is 0.0177. The molecule has 0 fully saturated rings. The third-order valence-corrected chi connectivity index (χ3v) is 3.61. The van der Waals surface area contributed by atoms with Crippen LogP contribution in [0.2, 0.25) is 0 Å². The van der Waals surface area contributed by atoms with E-state index in [1.807, 2.05) is 11.8 Å². The molecule has 118 valence electrons. The van der Waals surface area contributed by atoms with Crippen LogP contribution in [0.3, 0.4) is 0 Å². The number of hydrogen-bond acceptors (Lipinski definition) is 3. The Balaban J connectivity index is 2.30. The maximum atomic E-state index is 11.8. The van der Waals surface area contributed by atoms with E-state index in [1.165, 1.54) is 11.1 Å². The third kappa shape index (κ3) is 6.74. The lowest BCUT2D eigenvalue weighted by atomic mass is 10.0. The maximum absolute atomic E-state index is 11.8. The Bertz CT molecular complexity index is 415. The van der Waals surface area contributed by atoms with Crippen LogP contribution in [-0.2, 0) is 11.2 Å². The van der Waals surface area contributed by atoms with E-state index in [2.05, 4.69) is 43.4 Å². The molecule has 0 radical (unpaired) electrons. The maximum Gasteiger partial charge on any atom is 0.234 e. The molecule has 0 heterocycles. The van der Waals surface area contributed by atoms with Gasteiger partial charge in [0.2, 0.25) is 5.91 Å². The van der Waals surface area contributed by atoms with Gasteiger partial charge in [-0.1, -0.05) is 45.0 Å². The molecule has 1 rings (SSSR count). The lowest BCUT2D eigenvalue weighted by Crippen LogP contribution is -2.39. The van der Waals surface area contributed by atoms with Crippen molar-refractivity contribution in [2.45, 2.75) is 33.1 Å². The Hall–Kier alpha value is -1.39. The van der Waals surface area contributed by atoms with E-state index < -0.39 is 0 Å². The minimum Gasteiger partial charge on any atom is -0.395 e. The predicted molar refractivity (Wildman–Crippen MR) is 86.4 cm³/mol. The quantitative estimate of drug-likeness (QED) is 0.729. The van der Waals surface area contributed by atoms with Crippen LogP contribution >= 0.6 is 0 Å². The molecule has 0 aliphatic heterocycles. The Morgan fingerprint density at radius 3 is 2.48 bits per heavy atom.